The minimum absolute atomic E-state index is 0.880. The van der Waals surface area contributed by atoms with Crippen LogP contribution >= 0.6 is 0 Å². The number of nitrogens with zero attached hydrogens (tertiary/aromatic N) is 6. The molecule has 2 aliphatic heterocycles. The molecule has 0 saturated carbocycles. The largest absolute Gasteiger partial charge is 0.365 e. The lowest BCUT2D eigenvalue weighted by Crippen LogP contribution is -2.54. The second-order valence-corrected chi connectivity index (χ2v) is 7.56. The van der Waals surface area contributed by atoms with Gasteiger partial charge in [0.15, 0.2) is 0 Å². The Morgan fingerprint density at radius 2 is 1.64 bits per heavy atom. The maximum absolute atomic E-state index is 4.29. The number of para-hydroxylation sites is 3. The van der Waals surface area contributed by atoms with Crippen LogP contribution in [0.5, 0.6) is 0 Å². The molecular formula is C21H27N7. The van der Waals surface area contributed by atoms with Gasteiger partial charge >= 0.3 is 0 Å². The van der Waals surface area contributed by atoms with E-state index in [0.717, 1.165) is 63.4 Å². The fraction of sp³-hybridized carbons (Fsp3) is 0.429. The fourth-order valence-corrected chi connectivity index (χ4v) is 4.23. The summed E-state index contributed by atoms with van der Waals surface area (Å²) in [4.78, 5) is 2.59. The molecule has 1 fully saturated rings. The molecule has 28 heavy (non-hydrogen) atoms. The normalized spacial score (nSPS) is 17.8. The molecule has 0 aliphatic carbocycles. The molecule has 1 saturated heterocycles. The third-order valence-corrected chi connectivity index (χ3v) is 5.81. The molecule has 1 N–H and O–H groups in total. The third-order valence-electron chi connectivity index (χ3n) is 5.81. The molecule has 3 aromatic rings. The van der Waals surface area contributed by atoms with Crippen LogP contribution in [-0.2, 0) is 6.54 Å². The van der Waals surface area contributed by atoms with Gasteiger partial charge < -0.3 is 10.2 Å². The molecule has 0 atom stereocenters. The van der Waals surface area contributed by atoms with E-state index in [1.54, 1.807) is 0 Å². The van der Waals surface area contributed by atoms with Crippen LogP contribution in [0.4, 0.5) is 11.4 Å². The minimum Gasteiger partial charge on any atom is -0.365 e. The standard InChI is InChI=1S/C21H27N7/c1-4-10-21-18(7-1)22-17-28(21)26-15-13-25(14-16-26)11-5-6-12-27-20-9-3-2-8-19(20)23-24-27/h1-4,7-10,22H,5-6,11-17H2. The van der Waals surface area contributed by atoms with Crippen molar-refractivity contribution in [3.63, 3.8) is 0 Å². The Kier molecular flexibility index (Phi) is 4.85. The van der Waals surface area contributed by atoms with Gasteiger partial charge in [-0.15, -0.1) is 5.10 Å². The van der Waals surface area contributed by atoms with Crippen LogP contribution < -0.4 is 10.3 Å². The summed E-state index contributed by atoms with van der Waals surface area (Å²) in [5.74, 6) is 0. The first kappa shape index (κ1) is 17.5. The number of hydrazine groups is 1. The average molecular weight is 377 g/mol. The maximum Gasteiger partial charge on any atom is 0.113 e. The second-order valence-electron chi connectivity index (χ2n) is 7.56. The van der Waals surface area contributed by atoms with Crippen molar-refractivity contribution < 1.29 is 0 Å². The zero-order chi connectivity index (χ0) is 18.8. The predicted octanol–water partition coefficient (Wildman–Crippen LogP) is 2.63. The Balaban J connectivity index is 1.07. The van der Waals surface area contributed by atoms with E-state index in [0.29, 0.717) is 0 Å². The van der Waals surface area contributed by atoms with E-state index in [4.69, 9.17) is 0 Å². The van der Waals surface area contributed by atoms with Crippen LogP contribution in [0.25, 0.3) is 11.0 Å². The molecule has 0 unspecified atom stereocenters. The lowest BCUT2D eigenvalue weighted by Gasteiger charge is -2.40. The first-order chi connectivity index (χ1) is 13.9. The summed E-state index contributed by atoms with van der Waals surface area (Å²) in [5, 5.41) is 16.9. The Morgan fingerprint density at radius 1 is 0.857 bits per heavy atom. The van der Waals surface area contributed by atoms with E-state index in [1.807, 2.05) is 16.8 Å². The fourth-order valence-electron chi connectivity index (χ4n) is 4.23. The first-order valence-corrected chi connectivity index (χ1v) is 10.2. The molecule has 0 bridgehead atoms. The lowest BCUT2D eigenvalue weighted by atomic mass is 10.2. The predicted molar refractivity (Wildman–Crippen MR) is 112 cm³/mol. The van der Waals surface area contributed by atoms with Crippen LogP contribution in [0.3, 0.4) is 0 Å². The van der Waals surface area contributed by atoms with Crippen molar-refractivity contribution in [1.29, 1.82) is 0 Å². The molecule has 2 aliphatic rings. The topological polar surface area (TPSA) is 52.5 Å². The average Bonchev–Trinajstić information content (AvgIpc) is 3.36. The molecule has 0 spiro atoms. The number of anilines is 2. The number of aromatic nitrogens is 3. The number of hydrogen-bond acceptors (Lipinski definition) is 6. The van der Waals surface area contributed by atoms with Gasteiger partial charge in [0.25, 0.3) is 0 Å². The van der Waals surface area contributed by atoms with Crippen molar-refractivity contribution in [2.75, 3.05) is 49.7 Å². The number of aryl methyl sites for hydroxylation is 1. The lowest BCUT2D eigenvalue weighted by molar-refractivity contribution is 0.123. The first-order valence-electron chi connectivity index (χ1n) is 10.2. The zero-order valence-corrected chi connectivity index (χ0v) is 16.2. The van der Waals surface area contributed by atoms with Gasteiger partial charge in [-0.1, -0.05) is 29.5 Å². The molecule has 1 aromatic heterocycles. The highest BCUT2D eigenvalue weighted by Crippen LogP contribution is 2.32. The van der Waals surface area contributed by atoms with Gasteiger partial charge in [0.05, 0.1) is 16.9 Å². The summed E-state index contributed by atoms with van der Waals surface area (Å²) in [6.07, 6.45) is 2.33. The van der Waals surface area contributed by atoms with Crippen LogP contribution in [0.2, 0.25) is 0 Å². The van der Waals surface area contributed by atoms with E-state index in [-0.39, 0.29) is 0 Å². The van der Waals surface area contributed by atoms with Gasteiger partial charge in [-0.05, 0) is 43.7 Å². The molecule has 146 valence electrons. The van der Waals surface area contributed by atoms with Gasteiger partial charge in [-0.2, -0.15) is 0 Å². The van der Waals surface area contributed by atoms with Crippen molar-refractivity contribution in [3.05, 3.63) is 48.5 Å². The Bertz CT molecular complexity index is 929. The highest BCUT2D eigenvalue weighted by molar-refractivity contribution is 5.74. The molecule has 2 aromatic carbocycles. The van der Waals surface area contributed by atoms with Crippen molar-refractivity contribution in [2.45, 2.75) is 19.4 Å². The number of nitrogens with one attached hydrogen (secondary N) is 1. The smallest absolute Gasteiger partial charge is 0.113 e. The summed E-state index contributed by atoms with van der Waals surface area (Å²) in [7, 11) is 0. The third kappa shape index (κ3) is 3.43. The van der Waals surface area contributed by atoms with E-state index in [9.17, 15) is 0 Å². The molecule has 3 heterocycles. The van der Waals surface area contributed by atoms with Gasteiger partial charge in [-0.25, -0.2) is 9.69 Å². The van der Waals surface area contributed by atoms with Crippen molar-refractivity contribution in [2.24, 2.45) is 0 Å². The van der Waals surface area contributed by atoms with E-state index < -0.39 is 0 Å². The van der Waals surface area contributed by atoms with E-state index >= 15 is 0 Å². The quantitative estimate of drug-likeness (QED) is 0.667. The number of hydrogen-bond donors (Lipinski definition) is 1. The monoisotopic (exact) mass is 377 g/mol. The van der Waals surface area contributed by atoms with Gasteiger partial charge in [-0.3, -0.25) is 5.01 Å². The summed E-state index contributed by atoms with van der Waals surface area (Å²) in [6.45, 7) is 7.42. The van der Waals surface area contributed by atoms with E-state index in [2.05, 4.69) is 66.9 Å². The number of fused-ring (bicyclic) bond motifs is 2. The Labute approximate surface area is 165 Å². The summed E-state index contributed by atoms with van der Waals surface area (Å²) < 4.78 is 2.03. The minimum atomic E-state index is 0.880. The molecule has 7 nitrogen and oxygen atoms in total. The van der Waals surface area contributed by atoms with Gasteiger partial charge in [0, 0.05) is 32.7 Å². The van der Waals surface area contributed by atoms with Crippen molar-refractivity contribution >= 4 is 22.4 Å². The van der Waals surface area contributed by atoms with Gasteiger partial charge in [0.1, 0.15) is 12.2 Å². The van der Waals surface area contributed by atoms with Crippen LogP contribution in [0.15, 0.2) is 48.5 Å². The molecule has 7 heteroatoms. The Hall–Kier alpha value is -2.64. The summed E-state index contributed by atoms with van der Waals surface area (Å²) >= 11 is 0. The Morgan fingerprint density at radius 3 is 2.57 bits per heavy atom. The van der Waals surface area contributed by atoms with Crippen LogP contribution in [0, 0.1) is 0 Å². The number of piperazine rings is 1. The summed E-state index contributed by atoms with van der Waals surface area (Å²) in [6, 6.07) is 16.8. The second kappa shape index (κ2) is 7.77. The van der Waals surface area contributed by atoms with Crippen molar-refractivity contribution in [1.82, 2.24) is 24.9 Å². The maximum atomic E-state index is 4.29. The number of unbranched alkanes of at least 4 members (excludes halogenated alkanes) is 1. The van der Waals surface area contributed by atoms with Crippen LogP contribution in [-0.4, -0.2) is 64.3 Å². The molecule has 0 radical (unpaired) electrons. The SMILES string of the molecule is c1ccc2c(c1)NCN2N1CCN(CCCCn2nnc3ccccc32)CC1. The highest BCUT2D eigenvalue weighted by Gasteiger charge is 2.26. The molecule has 5 rings (SSSR count). The molecule has 0 amide bonds. The summed E-state index contributed by atoms with van der Waals surface area (Å²) in [5.41, 5.74) is 4.66. The van der Waals surface area contributed by atoms with Gasteiger partial charge in [0.2, 0.25) is 0 Å². The van der Waals surface area contributed by atoms with E-state index in [1.165, 1.54) is 17.8 Å². The van der Waals surface area contributed by atoms with Crippen LogP contribution in [0.1, 0.15) is 12.8 Å². The highest BCUT2D eigenvalue weighted by atomic mass is 15.7. The van der Waals surface area contributed by atoms with Crippen molar-refractivity contribution in [3.8, 4) is 0 Å². The number of rotatable bonds is 6. The molecular weight excluding hydrogens is 350 g/mol. The number of benzene rings is 2. The zero-order valence-electron chi connectivity index (χ0n) is 16.2.